The fourth-order valence-corrected chi connectivity index (χ4v) is 4.94. The summed E-state index contributed by atoms with van der Waals surface area (Å²) in [6, 6.07) is 5.94. The third-order valence-electron chi connectivity index (χ3n) is 4.08. The summed E-state index contributed by atoms with van der Waals surface area (Å²) in [7, 11) is 0. The lowest BCUT2D eigenvalue weighted by Gasteiger charge is -2.33. The molecule has 0 saturated carbocycles. The Morgan fingerprint density at radius 1 is 1.27 bits per heavy atom. The summed E-state index contributed by atoms with van der Waals surface area (Å²) in [6.07, 6.45) is 0.944. The second kappa shape index (κ2) is 5.93. The van der Waals surface area contributed by atoms with Gasteiger partial charge in [-0.1, -0.05) is 12.1 Å². The first kappa shape index (κ1) is 15.4. The topological polar surface area (TPSA) is 66.4 Å². The Bertz CT molecular complexity index is 732. The molecule has 1 aliphatic rings. The van der Waals surface area contributed by atoms with Crippen LogP contribution in [0.4, 0.5) is 0 Å². The Morgan fingerprint density at radius 3 is 2.68 bits per heavy atom. The van der Waals surface area contributed by atoms with Crippen LogP contribution in [0.5, 0.6) is 0 Å². The molecular formula is C16H17NO3S2. The van der Waals surface area contributed by atoms with E-state index in [9.17, 15) is 14.7 Å². The Labute approximate surface area is 136 Å². The van der Waals surface area contributed by atoms with Gasteiger partial charge in [-0.3, -0.25) is 4.79 Å². The molecule has 22 heavy (non-hydrogen) atoms. The number of thioether (sulfide) groups is 1. The van der Waals surface area contributed by atoms with Gasteiger partial charge in [-0.2, -0.15) is 11.8 Å². The maximum atomic E-state index is 12.6. The van der Waals surface area contributed by atoms with Gasteiger partial charge < -0.3 is 10.4 Å². The van der Waals surface area contributed by atoms with Gasteiger partial charge in [-0.15, -0.1) is 11.3 Å². The molecule has 6 heteroatoms. The molecule has 0 unspecified atom stereocenters. The van der Waals surface area contributed by atoms with Crippen molar-refractivity contribution >= 4 is 45.1 Å². The van der Waals surface area contributed by atoms with Crippen LogP contribution in [-0.2, 0) is 4.79 Å². The van der Waals surface area contributed by atoms with E-state index in [1.807, 2.05) is 30.5 Å². The van der Waals surface area contributed by atoms with Gasteiger partial charge in [0.1, 0.15) is 5.54 Å². The number of aliphatic carboxylic acids is 1. The Kier molecular flexibility index (Phi) is 4.14. The molecule has 0 radical (unpaired) electrons. The molecule has 3 rings (SSSR count). The number of carboxylic acid groups (broad SMARTS) is 1. The molecule has 116 valence electrons. The third kappa shape index (κ3) is 2.73. The van der Waals surface area contributed by atoms with Crippen LogP contribution in [0.2, 0.25) is 0 Å². The molecule has 1 aromatic carbocycles. The van der Waals surface area contributed by atoms with Gasteiger partial charge in [0.2, 0.25) is 0 Å². The number of carbonyl (C=O) groups excluding carboxylic acids is 1. The molecule has 1 aromatic heterocycles. The molecular weight excluding hydrogens is 318 g/mol. The zero-order valence-corrected chi connectivity index (χ0v) is 13.9. The number of rotatable bonds is 3. The molecule has 0 spiro atoms. The van der Waals surface area contributed by atoms with Crippen molar-refractivity contribution in [3.63, 3.8) is 0 Å². The minimum atomic E-state index is -1.12. The monoisotopic (exact) mass is 335 g/mol. The van der Waals surface area contributed by atoms with E-state index in [0.29, 0.717) is 18.4 Å². The van der Waals surface area contributed by atoms with Crippen molar-refractivity contribution in [1.82, 2.24) is 5.32 Å². The van der Waals surface area contributed by atoms with Crippen LogP contribution in [0.1, 0.15) is 28.8 Å². The predicted octanol–water partition coefficient (Wildman–Crippen LogP) is 3.29. The number of carbonyl (C=O) groups is 2. The van der Waals surface area contributed by atoms with Crippen molar-refractivity contribution in [2.24, 2.45) is 0 Å². The van der Waals surface area contributed by atoms with E-state index in [0.717, 1.165) is 27.2 Å². The number of carboxylic acids is 1. The lowest BCUT2D eigenvalue weighted by Crippen LogP contribution is -2.56. The summed E-state index contributed by atoms with van der Waals surface area (Å²) in [5, 5.41) is 15.1. The largest absolute Gasteiger partial charge is 0.480 e. The molecule has 2 aromatic rings. The molecule has 1 saturated heterocycles. The minimum Gasteiger partial charge on any atom is -0.480 e. The van der Waals surface area contributed by atoms with Gasteiger partial charge in [0, 0.05) is 15.5 Å². The van der Waals surface area contributed by atoms with E-state index in [1.165, 1.54) is 11.3 Å². The van der Waals surface area contributed by atoms with Gasteiger partial charge in [0.05, 0.1) is 5.56 Å². The number of hydrogen-bond acceptors (Lipinski definition) is 4. The molecule has 2 N–H and O–H groups in total. The summed E-state index contributed by atoms with van der Waals surface area (Å²) in [4.78, 5) is 24.3. The number of thiophene rings is 1. The second-order valence-electron chi connectivity index (χ2n) is 5.60. The molecule has 0 aliphatic carbocycles. The molecule has 2 heterocycles. The van der Waals surface area contributed by atoms with E-state index in [2.05, 4.69) is 5.32 Å². The fraction of sp³-hybridized carbons (Fsp3) is 0.375. The molecule has 1 aliphatic heterocycles. The highest BCUT2D eigenvalue weighted by Crippen LogP contribution is 2.30. The molecule has 1 fully saturated rings. The molecule has 0 atom stereocenters. The summed E-state index contributed by atoms with van der Waals surface area (Å²) >= 11 is 3.24. The van der Waals surface area contributed by atoms with Crippen molar-refractivity contribution in [3.05, 3.63) is 34.7 Å². The van der Waals surface area contributed by atoms with Crippen LogP contribution in [-0.4, -0.2) is 34.0 Å². The first-order valence-corrected chi connectivity index (χ1v) is 9.17. The first-order chi connectivity index (χ1) is 10.5. The zero-order valence-electron chi connectivity index (χ0n) is 12.2. The lowest BCUT2D eigenvalue weighted by molar-refractivity contribution is -0.144. The second-order valence-corrected chi connectivity index (χ2v) is 7.74. The van der Waals surface area contributed by atoms with E-state index in [4.69, 9.17) is 0 Å². The fourth-order valence-electron chi connectivity index (χ4n) is 2.71. The first-order valence-electron chi connectivity index (χ1n) is 7.13. The number of hydrogen-bond donors (Lipinski definition) is 2. The highest BCUT2D eigenvalue weighted by molar-refractivity contribution is 7.99. The lowest BCUT2D eigenvalue weighted by atomic mass is 9.92. The Balaban J connectivity index is 1.90. The minimum absolute atomic E-state index is 0.288. The molecule has 4 nitrogen and oxygen atoms in total. The Morgan fingerprint density at radius 2 is 2.00 bits per heavy atom. The SMILES string of the molecule is Cc1ccc2c(C(=O)NC3(C(=O)O)CCSCC3)csc2c1. The summed E-state index contributed by atoms with van der Waals surface area (Å²) in [5.41, 5.74) is 0.591. The van der Waals surface area contributed by atoms with Crippen LogP contribution in [0.15, 0.2) is 23.6 Å². The van der Waals surface area contributed by atoms with Crippen LogP contribution >= 0.6 is 23.1 Å². The van der Waals surface area contributed by atoms with Crippen LogP contribution in [0.25, 0.3) is 10.1 Å². The van der Waals surface area contributed by atoms with Crippen LogP contribution in [0, 0.1) is 6.92 Å². The van der Waals surface area contributed by atoms with Gasteiger partial charge in [0.15, 0.2) is 0 Å². The van der Waals surface area contributed by atoms with Crippen molar-refractivity contribution in [1.29, 1.82) is 0 Å². The quantitative estimate of drug-likeness (QED) is 0.903. The predicted molar refractivity (Wildman–Crippen MR) is 91.0 cm³/mol. The van der Waals surface area contributed by atoms with Crippen LogP contribution < -0.4 is 5.32 Å². The van der Waals surface area contributed by atoms with Crippen LogP contribution in [0.3, 0.4) is 0 Å². The highest BCUT2D eigenvalue weighted by atomic mass is 32.2. The van der Waals surface area contributed by atoms with E-state index < -0.39 is 11.5 Å². The zero-order chi connectivity index (χ0) is 15.7. The standard InChI is InChI=1S/C16H17NO3S2/c1-10-2-3-11-12(9-22-13(11)8-10)14(18)17-16(15(19)20)4-6-21-7-5-16/h2-3,8-9H,4-7H2,1H3,(H,17,18)(H,19,20). The van der Waals surface area contributed by atoms with Crippen molar-refractivity contribution < 1.29 is 14.7 Å². The maximum absolute atomic E-state index is 12.6. The average Bonchev–Trinajstić information content (AvgIpc) is 2.91. The smallest absolute Gasteiger partial charge is 0.329 e. The highest BCUT2D eigenvalue weighted by Gasteiger charge is 2.41. The van der Waals surface area contributed by atoms with Crippen molar-refractivity contribution in [2.75, 3.05) is 11.5 Å². The summed E-state index contributed by atoms with van der Waals surface area (Å²) < 4.78 is 1.05. The summed E-state index contributed by atoms with van der Waals surface area (Å²) in [5.74, 6) is 0.299. The number of nitrogens with one attached hydrogen (secondary N) is 1. The van der Waals surface area contributed by atoms with Crippen molar-refractivity contribution in [2.45, 2.75) is 25.3 Å². The van der Waals surface area contributed by atoms with Gasteiger partial charge >= 0.3 is 5.97 Å². The van der Waals surface area contributed by atoms with Gasteiger partial charge in [-0.05, 0) is 42.9 Å². The average molecular weight is 335 g/mol. The number of amides is 1. The van der Waals surface area contributed by atoms with E-state index in [1.54, 1.807) is 11.8 Å². The third-order valence-corrected chi connectivity index (χ3v) is 6.02. The van der Waals surface area contributed by atoms with E-state index >= 15 is 0 Å². The maximum Gasteiger partial charge on any atom is 0.329 e. The van der Waals surface area contributed by atoms with E-state index in [-0.39, 0.29) is 5.91 Å². The van der Waals surface area contributed by atoms with Crippen molar-refractivity contribution in [3.8, 4) is 0 Å². The number of benzene rings is 1. The summed E-state index contributed by atoms with van der Waals surface area (Å²) in [6.45, 7) is 2.01. The molecule has 1 amide bonds. The van der Waals surface area contributed by atoms with Gasteiger partial charge in [-0.25, -0.2) is 4.79 Å². The molecule has 0 bridgehead atoms. The number of aryl methyl sites for hydroxylation is 1. The normalized spacial score (nSPS) is 17.3. The number of fused-ring (bicyclic) bond motifs is 1. The Hall–Kier alpha value is -1.53. The van der Waals surface area contributed by atoms with Gasteiger partial charge in [0.25, 0.3) is 5.91 Å².